The van der Waals surface area contributed by atoms with E-state index in [1.807, 2.05) is 0 Å². The number of benzene rings is 1. The van der Waals surface area contributed by atoms with Gasteiger partial charge in [0.05, 0.1) is 19.7 Å². The number of nitrogens with one attached hydrogen (secondary N) is 2. The topological polar surface area (TPSA) is 126 Å². The van der Waals surface area contributed by atoms with Crippen molar-refractivity contribution in [1.29, 1.82) is 0 Å². The van der Waals surface area contributed by atoms with E-state index < -0.39 is 0 Å². The lowest BCUT2D eigenvalue weighted by Crippen LogP contribution is -2.19. The van der Waals surface area contributed by atoms with Gasteiger partial charge in [0.25, 0.3) is 0 Å². The molecule has 0 atom stereocenters. The molecule has 0 radical (unpaired) electrons. The Bertz CT molecular complexity index is 774. The minimum absolute atomic E-state index is 0.00646. The van der Waals surface area contributed by atoms with Gasteiger partial charge in [0, 0.05) is 6.92 Å². The number of amides is 2. The van der Waals surface area contributed by atoms with Crippen LogP contribution in [0.1, 0.15) is 17.5 Å². The number of hydrazone groups is 1. The maximum Gasteiger partial charge on any atom is 0.247 e. The molecule has 2 amide bonds. The van der Waals surface area contributed by atoms with Crippen molar-refractivity contribution in [2.45, 2.75) is 13.3 Å². The highest BCUT2D eigenvalue weighted by atomic mass is 32.1. The molecule has 0 spiro atoms. The number of ether oxygens (including phenoxy) is 1. The van der Waals surface area contributed by atoms with Gasteiger partial charge in [-0.3, -0.25) is 9.59 Å². The highest BCUT2D eigenvalue weighted by molar-refractivity contribution is 7.15. The first-order valence-electron chi connectivity index (χ1n) is 6.77. The van der Waals surface area contributed by atoms with Crippen LogP contribution in [0.4, 0.5) is 5.13 Å². The van der Waals surface area contributed by atoms with Crippen LogP contribution in [0.2, 0.25) is 0 Å². The van der Waals surface area contributed by atoms with Crippen molar-refractivity contribution in [3.05, 3.63) is 28.8 Å². The molecule has 1 heterocycles. The van der Waals surface area contributed by atoms with E-state index in [4.69, 9.17) is 4.74 Å². The van der Waals surface area contributed by atoms with Gasteiger partial charge in [-0.2, -0.15) is 5.10 Å². The molecular formula is C14H15N5O4S. The number of hydrogen-bond donors (Lipinski definition) is 3. The van der Waals surface area contributed by atoms with Crippen LogP contribution in [0.5, 0.6) is 11.5 Å². The smallest absolute Gasteiger partial charge is 0.247 e. The van der Waals surface area contributed by atoms with Gasteiger partial charge >= 0.3 is 0 Å². The van der Waals surface area contributed by atoms with E-state index in [0.717, 1.165) is 11.3 Å². The molecule has 1 aromatic carbocycles. The van der Waals surface area contributed by atoms with Crippen LogP contribution >= 0.6 is 11.3 Å². The molecule has 126 valence electrons. The number of anilines is 1. The number of carbonyl (C=O) groups is 2. The Morgan fingerprint density at radius 2 is 2.21 bits per heavy atom. The Kier molecular flexibility index (Phi) is 5.79. The number of carbonyl (C=O) groups excluding carboxylic acids is 2. The summed E-state index contributed by atoms with van der Waals surface area (Å²) in [5, 5.41) is 24.1. The van der Waals surface area contributed by atoms with Gasteiger partial charge < -0.3 is 15.2 Å². The zero-order valence-electron chi connectivity index (χ0n) is 12.9. The summed E-state index contributed by atoms with van der Waals surface area (Å²) in [4.78, 5) is 22.7. The van der Waals surface area contributed by atoms with Crippen LogP contribution < -0.4 is 15.5 Å². The van der Waals surface area contributed by atoms with E-state index in [0.29, 0.717) is 21.5 Å². The number of aromatic nitrogens is 2. The summed E-state index contributed by atoms with van der Waals surface area (Å²) >= 11 is 1.11. The fraction of sp³-hybridized carbons (Fsp3) is 0.214. The molecule has 24 heavy (non-hydrogen) atoms. The van der Waals surface area contributed by atoms with Crippen LogP contribution in [0, 0.1) is 0 Å². The number of aromatic hydroxyl groups is 1. The number of methoxy groups -OCH3 is 1. The fourth-order valence-electron chi connectivity index (χ4n) is 1.66. The summed E-state index contributed by atoms with van der Waals surface area (Å²) in [7, 11) is 1.44. The summed E-state index contributed by atoms with van der Waals surface area (Å²) in [6.07, 6.45) is 1.41. The van der Waals surface area contributed by atoms with E-state index in [-0.39, 0.29) is 24.0 Å². The second-order valence-corrected chi connectivity index (χ2v) is 5.65. The zero-order chi connectivity index (χ0) is 17.5. The molecule has 0 aliphatic heterocycles. The van der Waals surface area contributed by atoms with Crippen LogP contribution in [-0.2, 0) is 16.0 Å². The maximum atomic E-state index is 11.8. The second-order valence-electron chi connectivity index (χ2n) is 4.58. The molecule has 10 heteroatoms. The summed E-state index contributed by atoms with van der Waals surface area (Å²) in [5.41, 5.74) is 3.01. The van der Waals surface area contributed by atoms with E-state index in [9.17, 15) is 14.7 Å². The van der Waals surface area contributed by atoms with Crippen molar-refractivity contribution >= 4 is 34.5 Å². The van der Waals surface area contributed by atoms with Crippen molar-refractivity contribution in [2.24, 2.45) is 5.10 Å². The minimum Gasteiger partial charge on any atom is -0.504 e. The number of phenols is 1. The lowest BCUT2D eigenvalue weighted by atomic mass is 10.2. The predicted octanol–water partition coefficient (Wildman–Crippen LogP) is 0.903. The molecule has 2 rings (SSSR count). The van der Waals surface area contributed by atoms with Gasteiger partial charge in [-0.15, -0.1) is 10.2 Å². The number of nitrogens with zero attached hydrogens (tertiary/aromatic N) is 3. The minimum atomic E-state index is -0.373. The molecule has 1 aromatic heterocycles. The summed E-state index contributed by atoms with van der Waals surface area (Å²) in [6.45, 7) is 1.36. The molecule has 0 aliphatic rings. The Morgan fingerprint density at radius 3 is 2.92 bits per heavy atom. The molecule has 9 nitrogen and oxygen atoms in total. The third kappa shape index (κ3) is 5.02. The van der Waals surface area contributed by atoms with E-state index in [1.165, 1.54) is 26.3 Å². The molecular weight excluding hydrogens is 334 g/mol. The molecule has 3 N–H and O–H groups in total. The van der Waals surface area contributed by atoms with Gasteiger partial charge in [-0.25, -0.2) is 5.43 Å². The lowest BCUT2D eigenvalue weighted by Gasteiger charge is -2.03. The SMILES string of the molecule is COc1cc(C=NNC(=O)Cc2nnc(NC(C)=O)s2)ccc1O. The van der Waals surface area contributed by atoms with Crippen molar-refractivity contribution in [2.75, 3.05) is 12.4 Å². The number of phenolic OH excluding ortho intramolecular Hbond substituents is 1. The quantitative estimate of drug-likeness (QED) is 0.525. The van der Waals surface area contributed by atoms with Crippen molar-refractivity contribution in [1.82, 2.24) is 15.6 Å². The van der Waals surface area contributed by atoms with Crippen LogP contribution in [0.3, 0.4) is 0 Å². The van der Waals surface area contributed by atoms with Gasteiger partial charge in [0.1, 0.15) is 5.01 Å². The van der Waals surface area contributed by atoms with E-state index in [1.54, 1.807) is 12.1 Å². The van der Waals surface area contributed by atoms with Crippen molar-refractivity contribution in [3.8, 4) is 11.5 Å². The largest absolute Gasteiger partial charge is 0.504 e. The maximum absolute atomic E-state index is 11.8. The molecule has 0 unspecified atom stereocenters. The molecule has 0 saturated heterocycles. The summed E-state index contributed by atoms with van der Waals surface area (Å²) in [6, 6.07) is 4.67. The highest BCUT2D eigenvalue weighted by Gasteiger charge is 2.09. The Morgan fingerprint density at radius 1 is 1.42 bits per heavy atom. The second kappa shape index (κ2) is 8.02. The van der Waals surface area contributed by atoms with Gasteiger partial charge in [0.15, 0.2) is 11.5 Å². The van der Waals surface area contributed by atoms with Crippen LogP contribution in [0.25, 0.3) is 0 Å². The first-order chi connectivity index (χ1) is 11.5. The number of hydrogen-bond acceptors (Lipinski definition) is 8. The molecule has 2 aromatic rings. The van der Waals surface area contributed by atoms with Crippen molar-refractivity contribution in [3.63, 3.8) is 0 Å². The summed E-state index contributed by atoms with van der Waals surface area (Å²) < 4.78 is 4.98. The predicted molar refractivity (Wildman–Crippen MR) is 88.3 cm³/mol. The monoisotopic (exact) mass is 349 g/mol. The molecule has 0 aliphatic carbocycles. The zero-order valence-corrected chi connectivity index (χ0v) is 13.8. The van der Waals surface area contributed by atoms with E-state index >= 15 is 0 Å². The highest BCUT2D eigenvalue weighted by Crippen LogP contribution is 2.25. The first-order valence-corrected chi connectivity index (χ1v) is 7.58. The normalized spacial score (nSPS) is 10.6. The third-order valence-corrected chi connectivity index (χ3v) is 3.51. The fourth-order valence-corrected chi connectivity index (χ4v) is 2.44. The average Bonchev–Trinajstić information content (AvgIpc) is 2.95. The number of rotatable bonds is 6. The lowest BCUT2D eigenvalue weighted by molar-refractivity contribution is -0.120. The van der Waals surface area contributed by atoms with Gasteiger partial charge in [0.2, 0.25) is 16.9 Å². The standard InChI is InChI=1S/C14H15N5O4S/c1-8(20)16-14-19-18-13(24-14)6-12(22)17-15-7-9-3-4-10(21)11(5-9)23-2/h3-5,7,21H,6H2,1-2H3,(H,17,22)(H,16,19,20). The first kappa shape index (κ1) is 17.3. The molecule has 0 saturated carbocycles. The van der Waals surface area contributed by atoms with Gasteiger partial charge in [-0.05, 0) is 23.8 Å². The van der Waals surface area contributed by atoms with Crippen molar-refractivity contribution < 1.29 is 19.4 Å². The Balaban J connectivity index is 1.88. The van der Waals surface area contributed by atoms with Crippen LogP contribution in [0.15, 0.2) is 23.3 Å². The Hall–Kier alpha value is -3.01. The third-order valence-electron chi connectivity index (χ3n) is 2.67. The Labute approximate surface area is 141 Å². The average molecular weight is 349 g/mol. The van der Waals surface area contributed by atoms with Gasteiger partial charge in [-0.1, -0.05) is 11.3 Å². The molecule has 0 fully saturated rings. The summed E-state index contributed by atoms with van der Waals surface area (Å²) in [5.74, 6) is -0.298. The van der Waals surface area contributed by atoms with Crippen LogP contribution in [-0.4, -0.2) is 40.4 Å². The van der Waals surface area contributed by atoms with E-state index in [2.05, 4.69) is 26.0 Å². The molecule has 0 bridgehead atoms.